The van der Waals surface area contributed by atoms with Crippen LogP contribution in [0.15, 0.2) is 0 Å². The zero-order chi connectivity index (χ0) is 10.7. The Labute approximate surface area is 90.8 Å². The Morgan fingerprint density at radius 2 is 2.07 bits per heavy atom. The number of hydrogen-bond acceptors (Lipinski definition) is 4. The van der Waals surface area contributed by atoms with Crippen LogP contribution in [0.1, 0.15) is 25.7 Å². The normalized spacial score (nSPS) is 39.2. The molecule has 0 aromatic rings. The summed E-state index contributed by atoms with van der Waals surface area (Å²) in [7, 11) is 0. The van der Waals surface area contributed by atoms with Crippen LogP contribution in [0.5, 0.6) is 0 Å². The van der Waals surface area contributed by atoms with E-state index in [2.05, 4.69) is 4.90 Å². The topological polar surface area (TPSA) is 52.9 Å². The smallest absolute Gasteiger partial charge is 0.0695 e. The average molecular weight is 215 g/mol. The van der Waals surface area contributed by atoms with Crippen molar-refractivity contribution in [3.63, 3.8) is 0 Å². The fourth-order valence-electron chi connectivity index (χ4n) is 2.74. The van der Waals surface area contributed by atoms with Crippen molar-refractivity contribution >= 4 is 0 Å². The molecule has 1 heterocycles. The van der Waals surface area contributed by atoms with Crippen molar-refractivity contribution in [1.29, 1.82) is 0 Å². The molecule has 1 aliphatic carbocycles. The Morgan fingerprint density at radius 3 is 2.80 bits per heavy atom. The zero-order valence-corrected chi connectivity index (χ0v) is 9.14. The number of ether oxygens (including phenoxy) is 1. The molecule has 3 atom stereocenters. The molecule has 0 aromatic carbocycles. The predicted octanol–water partition coefficient (Wildman–Crippen LogP) is -0.0170. The molecule has 1 unspecified atom stereocenters. The lowest BCUT2D eigenvalue weighted by Gasteiger charge is -2.43. The fourth-order valence-corrected chi connectivity index (χ4v) is 2.74. The largest absolute Gasteiger partial charge is 0.395 e. The summed E-state index contributed by atoms with van der Waals surface area (Å²) in [5.74, 6) is 0. The van der Waals surface area contributed by atoms with Gasteiger partial charge in [0, 0.05) is 12.6 Å². The minimum atomic E-state index is -0.217. The van der Waals surface area contributed by atoms with Gasteiger partial charge in [-0.3, -0.25) is 4.90 Å². The summed E-state index contributed by atoms with van der Waals surface area (Å²) in [5, 5.41) is 19.2. The van der Waals surface area contributed by atoms with Crippen LogP contribution >= 0.6 is 0 Å². The average Bonchev–Trinajstić information content (AvgIpc) is 2.30. The molecular weight excluding hydrogens is 194 g/mol. The summed E-state index contributed by atoms with van der Waals surface area (Å²) in [6.07, 6.45) is 4.06. The van der Waals surface area contributed by atoms with Gasteiger partial charge in [0.15, 0.2) is 0 Å². The van der Waals surface area contributed by atoms with Crippen LogP contribution in [-0.4, -0.2) is 59.7 Å². The lowest BCUT2D eigenvalue weighted by atomic mass is 9.90. The van der Waals surface area contributed by atoms with Crippen LogP contribution < -0.4 is 0 Å². The summed E-state index contributed by atoms with van der Waals surface area (Å²) >= 11 is 0. The van der Waals surface area contributed by atoms with E-state index in [1.54, 1.807) is 0 Å². The molecule has 2 fully saturated rings. The van der Waals surface area contributed by atoms with Gasteiger partial charge in [-0.2, -0.15) is 0 Å². The summed E-state index contributed by atoms with van der Waals surface area (Å²) in [4.78, 5) is 2.24. The fraction of sp³-hybridized carbons (Fsp3) is 1.00. The van der Waals surface area contributed by atoms with Crippen molar-refractivity contribution in [2.24, 2.45) is 0 Å². The van der Waals surface area contributed by atoms with Crippen molar-refractivity contribution in [2.75, 3.05) is 26.4 Å². The molecule has 1 saturated carbocycles. The van der Waals surface area contributed by atoms with E-state index in [0.29, 0.717) is 6.61 Å². The van der Waals surface area contributed by atoms with Crippen LogP contribution in [0.25, 0.3) is 0 Å². The molecular formula is C11H21NO3. The van der Waals surface area contributed by atoms with Gasteiger partial charge in [0.25, 0.3) is 0 Å². The zero-order valence-electron chi connectivity index (χ0n) is 9.14. The summed E-state index contributed by atoms with van der Waals surface area (Å²) in [6, 6.07) is 0.316. The van der Waals surface area contributed by atoms with Crippen molar-refractivity contribution < 1.29 is 14.9 Å². The van der Waals surface area contributed by atoms with Gasteiger partial charge in [0.2, 0.25) is 0 Å². The molecule has 0 radical (unpaired) electrons. The van der Waals surface area contributed by atoms with Crippen molar-refractivity contribution in [1.82, 2.24) is 4.90 Å². The maximum Gasteiger partial charge on any atom is 0.0695 e. The Bertz CT molecular complexity index is 200. The molecule has 2 N–H and O–H groups in total. The van der Waals surface area contributed by atoms with Gasteiger partial charge in [-0.25, -0.2) is 0 Å². The van der Waals surface area contributed by atoms with E-state index in [0.717, 1.165) is 32.4 Å². The second-order valence-corrected chi connectivity index (χ2v) is 4.57. The lowest BCUT2D eigenvalue weighted by molar-refractivity contribution is -0.0825. The number of hydrogen-bond donors (Lipinski definition) is 2. The van der Waals surface area contributed by atoms with Crippen molar-refractivity contribution in [2.45, 2.75) is 43.9 Å². The third-order valence-electron chi connectivity index (χ3n) is 3.60. The molecule has 1 aliphatic heterocycles. The Morgan fingerprint density at radius 1 is 1.27 bits per heavy atom. The second-order valence-electron chi connectivity index (χ2n) is 4.57. The first kappa shape index (κ1) is 11.3. The van der Waals surface area contributed by atoms with E-state index in [9.17, 15) is 10.2 Å². The van der Waals surface area contributed by atoms with E-state index in [1.807, 2.05) is 0 Å². The van der Waals surface area contributed by atoms with Gasteiger partial charge < -0.3 is 14.9 Å². The van der Waals surface area contributed by atoms with Gasteiger partial charge in [0.1, 0.15) is 0 Å². The third-order valence-corrected chi connectivity index (χ3v) is 3.60. The van der Waals surface area contributed by atoms with Crippen LogP contribution in [-0.2, 0) is 4.74 Å². The molecule has 2 rings (SSSR count). The second kappa shape index (κ2) is 5.25. The van der Waals surface area contributed by atoms with Gasteiger partial charge >= 0.3 is 0 Å². The molecule has 0 aromatic heterocycles. The van der Waals surface area contributed by atoms with Gasteiger partial charge in [-0.05, 0) is 12.8 Å². The highest BCUT2D eigenvalue weighted by molar-refractivity contribution is 4.88. The minimum absolute atomic E-state index is 0.0801. The molecule has 0 bridgehead atoms. The molecule has 1 saturated heterocycles. The van der Waals surface area contributed by atoms with E-state index in [1.165, 1.54) is 6.42 Å². The van der Waals surface area contributed by atoms with E-state index in [-0.39, 0.29) is 24.8 Å². The first-order chi connectivity index (χ1) is 7.33. The van der Waals surface area contributed by atoms with E-state index < -0.39 is 0 Å². The quantitative estimate of drug-likeness (QED) is 0.680. The van der Waals surface area contributed by atoms with Gasteiger partial charge in [-0.15, -0.1) is 0 Å². The number of morpholine rings is 1. The van der Waals surface area contributed by atoms with Crippen molar-refractivity contribution in [3.8, 4) is 0 Å². The van der Waals surface area contributed by atoms with Crippen LogP contribution in [0.4, 0.5) is 0 Å². The third kappa shape index (κ3) is 2.50. The molecule has 88 valence electrons. The predicted molar refractivity (Wildman–Crippen MR) is 56.7 cm³/mol. The van der Waals surface area contributed by atoms with Gasteiger partial charge in [-0.1, -0.05) is 12.8 Å². The van der Waals surface area contributed by atoms with Crippen LogP contribution in [0.3, 0.4) is 0 Å². The Kier molecular flexibility index (Phi) is 3.97. The lowest BCUT2D eigenvalue weighted by Crippen LogP contribution is -2.56. The Balaban J connectivity index is 1.99. The highest BCUT2D eigenvalue weighted by Gasteiger charge is 2.34. The number of rotatable bonds is 2. The minimum Gasteiger partial charge on any atom is -0.395 e. The summed E-state index contributed by atoms with van der Waals surface area (Å²) in [6.45, 7) is 2.29. The molecule has 15 heavy (non-hydrogen) atoms. The Hall–Kier alpha value is -0.160. The highest BCUT2D eigenvalue weighted by Crippen LogP contribution is 2.25. The number of aliphatic hydroxyl groups excluding tert-OH is 2. The molecule has 2 aliphatic rings. The van der Waals surface area contributed by atoms with Crippen LogP contribution in [0, 0.1) is 0 Å². The van der Waals surface area contributed by atoms with E-state index >= 15 is 0 Å². The maximum atomic E-state index is 9.97. The molecule has 4 nitrogen and oxygen atoms in total. The highest BCUT2D eigenvalue weighted by atomic mass is 16.5. The molecule has 0 amide bonds. The SMILES string of the molecule is OCC1COCCN1[C@H]1CCCC[C@@H]1O. The summed E-state index contributed by atoms with van der Waals surface area (Å²) < 4.78 is 5.35. The van der Waals surface area contributed by atoms with Crippen LogP contribution in [0.2, 0.25) is 0 Å². The number of nitrogens with zero attached hydrogens (tertiary/aromatic N) is 1. The first-order valence-electron chi connectivity index (χ1n) is 5.95. The molecule has 4 heteroatoms. The first-order valence-corrected chi connectivity index (χ1v) is 5.95. The standard InChI is InChI=1S/C11H21NO3/c13-7-9-8-15-6-5-12(9)10-3-1-2-4-11(10)14/h9-11,13-14H,1-8H2/t9?,10-,11-/m0/s1. The molecule has 0 spiro atoms. The van der Waals surface area contributed by atoms with Gasteiger partial charge in [0.05, 0.1) is 32.0 Å². The monoisotopic (exact) mass is 215 g/mol. The number of aliphatic hydroxyl groups is 2. The van der Waals surface area contributed by atoms with Crippen molar-refractivity contribution in [3.05, 3.63) is 0 Å². The van der Waals surface area contributed by atoms with E-state index in [4.69, 9.17) is 4.74 Å². The maximum absolute atomic E-state index is 9.97. The summed E-state index contributed by atoms with van der Waals surface area (Å²) in [5.41, 5.74) is 0.